The van der Waals surface area contributed by atoms with Crippen LogP contribution in [0, 0.1) is 0 Å². The van der Waals surface area contributed by atoms with Crippen molar-refractivity contribution in [2.24, 2.45) is 0 Å². The summed E-state index contributed by atoms with van der Waals surface area (Å²) in [4.78, 5) is 4.58. The van der Waals surface area contributed by atoms with Crippen LogP contribution >= 0.6 is 11.6 Å². The van der Waals surface area contributed by atoms with Crippen molar-refractivity contribution in [1.29, 1.82) is 0 Å². The van der Waals surface area contributed by atoms with Crippen LogP contribution in [0.2, 0.25) is 0 Å². The molecule has 1 aliphatic heterocycles. The van der Waals surface area contributed by atoms with Crippen LogP contribution in [0.25, 0.3) is 11.0 Å². The van der Waals surface area contributed by atoms with E-state index in [9.17, 15) is 8.42 Å². The van der Waals surface area contributed by atoms with Gasteiger partial charge in [-0.25, -0.2) is 13.4 Å². The molecular weight excluding hydrogens is 296 g/mol. The topological polar surface area (TPSA) is 52.0 Å². The molecule has 4 nitrogen and oxygen atoms in total. The van der Waals surface area contributed by atoms with Gasteiger partial charge in [-0.1, -0.05) is 12.1 Å². The molecule has 1 saturated heterocycles. The summed E-state index contributed by atoms with van der Waals surface area (Å²) in [5.41, 5.74) is 1.90. The lowest BCUT2D eigenvalue weighted by atomic mass is 10.2. The minimum Gasteiger partial charge on any atom is -0.327 e. The molecule has 0 spiro atoms. The number of fused-ring (bicyclic) bond motifs is 1. The third kappa shape index (κ3) is 2.44. The highest BCUT2D eigenvalue weighted by Crippen LogP contribution is 2.25. The standard InChI is InChI=1S/C14H17ClN2O2S/c15-8-7-14-16-12-5-1-2-6-13(12)17(14)10-11-4-3-9-20(11,18)19/h1-2,5-6,11H,3-4,7-10H2. The first-order valence-corrected chi connectivity index (χ1v) is 9.08. The number of hydrogen-bond donors (Lipinski definition) is 0. The molecule has 0 saturated carbocycles. The molecule has 2 heterocycles. The van der Waals surface area contributed by atoms with Gasteiger partial charge >= 0.3 is 0 Å². The Labute approximate surface area is 123 Å². The number of halogens is 1. The fourth-order valence-electron chi connectivity index (χ4n) is 2.87. The Morgan fingerprint density at radius 3 is 2.85 bits per heavy atom. The van der Waals surface area contributed by atoms with Gasteiger partial charge in [0, 0.05) is 18.8 Å². The van der Waals surface area contributed by atoms with Gasteiger partial charge < -0.3 is 4.57 Å². The van der Waals surface area contributed by atoms with Gasteiger partial charge in [0.1, 0.15) is 5.82 Å². The quantitative estimate of drug-likeness (QED) is 0.815. The van der Waals surface area contributed by atoms with Crippen molar-refractivity contribution >= 4 is 32.5 Å². The predicted octanol–water partition coefficient (Wildman–Crippen LogP) is 2.39. The molecule has 0 N–H and O–H groups in total. The molecule has 1 unspecified atom stereocenters. The van der Waals surface area contributed by atoms with E-state index in [2.05, 4.69) is 4.98 Å². The SMILES string of the molecule is O=S1(=O)CCCC1Cn1c(CCCl)nc2ccccc21. The molecule has 0 aliphatic carbocycles. The Morgan fingerprint density at radius 1 is 1.35 bits per heavy atom. The molecule has 1 aliphatic rings. The molecule has 1 atom stereocenters. The summed E-state index contributed by atoms with van der Waals surface area (Å²) in [6, 6.07) is 7.83. The first-order valence-electron chi connectivity index (χ1n) is 6.83. The zero-order valence-corrected chi connectivity index (χ0v) is 12.7. The summed E-state index contributed by atoms with van der Waals surface area (Å²) in [7, 11) is -2.95. The maximum atomic E-state index is 12.0. The van der Waals surface area contributed by atoms with Gasteiger partial charge in [-0.05, 0) is 25.0 Å². The zero-order chi connectivity index (χ0) is 14.2. The van der Waals surface area contributed by atoms with Crippen LogP contribution in [0.4, 0.5) is 0 Å². The third-order valence-electron chi connectivity index (χ3n) is 3.90. The summed E-state index contributed by atoms with van der Waals surface area (Å²) in [5.74, 6) is 1.68. The molecule has 1 aromatic heterocycles. The van der Waals surface area contributed by atoms with E-state index in [0.717, 1.165) is 29.7 Å². The van der Waals surface area contributed by atoms with E-state index in [4.69, 9.17) is 11.6 Å². The molecule has 0 radical (unpaired) electrons. The van der Waals surface area contributed by atoms with Crippen molar-refractivity contribution in [3.63, 3.8) is 0 Å². The average Bonchev–Trinajstić information content (AvgIpc) is 2.92. The second-order valence-electron chi connectivity index (χ2n) is 5.20. The number of rotatable bonds is 4. The molecule has 20 heavy (non-hydrogen) atoms. The van der Waals surface area contributed by atoms with Crippen molar-refractivity contribution in [2.45, 2.75) is 31.1 Å². The lowest BCUT2D eigenvalue weighted by Crippen LogP contribution is -2.23. The van der Waals surface area contributed by atoms with Gasteiger partial charge in [0.05, 0.1) is 22.0 Å². The summed E-state index contributed by atoms with van der Waals surface area (Å²) in [6.07, 6.45) is 2.17. The second kappa shape index (κ2) is 5.37. The number of sulfone groups is 1. The van der Waals surface area contributed by atoms with Gasteiger partial charge in [-0.15, -0.1) is 11.6 Å². The Hall–Kier alpha value is -1.07. The van der Waals surface area contributed by atoms with E-state index < -0.39 is 9.84 Å². The first-order chi connectivity index (χ1) is 9.62. The number of aromatic nitrogens is 2. The normalized spacial score (nSPS) is 21.6. The average molecular weight is 313 g/mol. The maximum Gasteiger partial charge on any atom is 0.154 e. The summed E-state index contributed by atoms with van der Waals surface area (Å²) >= 11 is 5.84. The first kappa shape index (κ1) is 13.9. The van der Waals surface area contributed by atoms with Crippen LogP contribution in [0.15, 0.2) is 24.3 Å². The van der Waals surface area contributed by atoms with Crippen LogP contribution in [0.5, 0.6) is 0 Å². The van der Waals surface area contributed by atoms with Crippen molar-refractivity contribution in [1.82, 2.24) is 9.55 Å². The van der Waals surface area contributed by atoms with Crippen molar-refractivity contribution in [2.75, 3.05) is 11.6 Å². The van der Waals surface area contributed by atoms with Crippen molar-refractivity contribution < 1.29 is 8.42 Å². The molecule has 1 aromatic carbocycles. The predicted molar refractivity (Wildman–Crippen MR) is 81.0 cm³/mol. The molecule has 3 rings (SSSR count). The summed E-state index contributed by atoms with van der Waals surface area (Å²) < 4.78 is 26.1. The van der Waals surface area contributed by atoms with Gasteiger partial charge in [-0.3, -0.25) is 0 Å². The van der Waals surface area contributed by atoms with E-state index in [0.29, 0.717) is 24.6 Å². The van der Waals surface area contributed by atoms with Crippen LogP contribution in [0.3, 0.4) is 0 Å². The highest BCUT2D eigenvalue weighted by atomic mass is 35.5. The van der Waals surface area contributed by atoms with Crippen LogP contribution < -0.4 is 0 Å². The van der Waals surface area contributed by atoms with E-state index in [-0.39, 0.29) is 5.25 Å². The Morgan fingerprint density at radius 2 is 2.15 bits per heavy atom. The molecule has 1 fully saturated rings. The monoisotopic (exact) mass is 312 g/mol. The highest BCUT2D eigenvalue weighted by Gasteiger charge is 2.32. The largest absolute Gasteiger partial charge is 0.327 e. The van der Waals surface area contributed by atoms with Gasteiger partial charge in [0.2, 0.25) is 0 Å². The summed E-state index contributed by atoms with van der Waals surface area (Å²) in [5, 5.41) is -0.283. The lowest BCUT2D eigenvalue weighted by Gasteiger charge is -2.13. The van der Waals surface area contributed by atoms with Gasteiger partial charge in [0.15, 0.2) is 9.84 Å². The molecular formula is C14H17ClN2O2S. The zero-order valence-electron chi connectivity index (χ0n) is 11.1. The summed E-state index contributed by atoms with van der Waals surface area (Å²) in [6.45, 7) is 0.495. The fourth-order valence-corrected chi connectivity index (χ4v) is 4.84. The molecule has 6 heteroatoms. The van der Waals surface area contributed by atoms with Crippen LogP contribution in [-0.2, 0) is 22.8 Å². The lowest BCUT2D eigenvalue weighted by molar-refractivity contribution is 0.564. The molecule has 108 valence electrons. The number of nitrogens with zero attached hydrogens (tertiary/aromatic N) is 2. The van der Waals surface area contributed by atoms with E-state index in [1.807, 2.05) is 28.8 Å². The van der Waals surface area contributed by atoms with E-state index >= 15 is 0 Å². The van der Waals surface area contributed by atoms with Crippen molar-refractivity contribution in [3.8, 4) is 0 Å². The maximum absolute atomic E-state index is 12.0. The fraction of sp³-hybridized carbons (Fsp3) is 0.500. The molecule has 0 amide bonds. The number of alkyl halides is 1. The van der Waals surface area contributed by atoms with E-state index in [1.54, 1.807) is 0 Å². The minimum atomic E-state index is -2.95. The minimum absolute atomic E-state index is 0.283. The van der Waals surface area contributed by atoms with E-state index in [1.165, 1.54) is 0 Å². The molecule has 0 bridgehead atoms. The van der Waals surface area contributed by atoms with Gasteiger partial charge in [-0.2, -0.15) is 0 Å². The second-order valence-corrected chi connectivity index (χ2v) is 7.98. The third-order valence-corrected chi connectivity index (χ3v) is 6.35. The number of aryl methyl sites for hydroxylation is 1. The number of hydrogen-bond acceptors (Lipinski definition) is 3. The van der Waals surface area contributed by atoms with Crippen LogP contribution in [-0.4, -0.2) is 34.9 Å². The number of para-hydroxylation sites is 2. The highest BCUT2D eigenvalue weighted by molar-refractivity contribution is 7.92. The van der Waals surface area contributed by atoms with Crippen molar-refractivity contribution in [3.05, 3.63) is 30.1 Å². The Bertz CT molecular complexity index is 724. The smallest absolute Gasteiger partial charge is 0.154 e. The van der Waals surface area contributed by atoms with Gasteiger partial charge in [0.25, 0.3) is 0 Å². The number of imidazole rings is 1. The van der Waals surface area contributed by atoms with Crippen LogP contribution in [0.1, 0.15) is 18.7 Å². The Kier molecular flexibility index (Phi) is 3.73. The Balaban J connectivity index is 2.03. The molecule has 2 aromatic rings. The number of benzene rings is 1.